The number of amides is 1. The molecule has 0 spiro atoms. The second kappa shape index (κ2) is 7.56. The Morgan fingerprint density at radius 3 is 2.95 bits per heavy atom. The second-order valence-electron chi connectivity index (χ2n) is 5.06. The number of rotatable bonds is 5. The molecule has 114 valence electrons. The minimum absolute atomic E-state index is 0.0497. The predicted molar refractivity (Wildman–Crippen MR) is 81.0 cm³/mol. The Morgan fingerprint density at radius 2 is 2.24 bits per heavy atom. The molecule has 1 N–H and O–H groups in total. The van der Waals surface area contributed by atoms with Crippen LogP contribution in [0.2, 0.25) is 0 Å². The van der Waals surface area contributed by atoms with Crippen LogP contribution in [0, 0.1) is 0 Å². The molecular formula is C15H18BrNO4. The molecule has 1 aliphatic rings. The van der Waals surface area contributed by atoms with Crippen molar-refractivity contribution in [3.63, 3.8) is 0 Å². The lowest BCUT2D eigenvalue weighted by atomic mass is 10.1. The van der Waals surface area contributed by atoms with Crippen LogP contribution in [0.15, 0.2) is 28.7 Å². The summed E-state index contributed by atoms with van der Waals surface area (Å²) in [6.45, 7) is 1.30. The number of ether oxygens (including phenoxy) is 1. The summed E-state index contributed by atoms with van der Waals surface area (Å²) in [6.07, 6.45) is 0.649. The van der Waals surface area contributed by atoms with Crippen LogP contribution in [0.4, 0.5) is 0 Å². The Kier molecular flexibility index (Phi) is 5.76. The molecule has 1 heterocycles. The van der Waals surface area contributed by atoms with E-state index in [9.17, 15) is 9.59 Å². The van der Waals surface area contributed by atoms with E-state index in [1.54, 1.807) is 4.90 Å². The molecule has 0 aliphatic carbocycles. The van der Waals surface area contributed by atoms with Gasteiger partial charge in [0.15, 0.2) is 0 Å². The molecule has 6 heteroatoms. The summed E-state index contributed by atoms with van der Waals surface area (Å²) in [5.41, 5.74) is 1.10. The maximum absolute atomic E-state index is 12.2. The first kappa shape index (κ1) is 16.0. The maximum atomic E-state index is 12.2. The van der Waals surface area contributed by atoms with Crippen LogP contribution in [0.3, 0.4) is 0 Å². The summed E-state index contributed by atoms with van der Waals surface area (Å²) in [5, 5.41) is 8.78. The van der Waals surface area contributed by atoms with Gasteiger partial charge in [0.05, 0.1) is 19.1 Å². The van der Waals surface area contributed by atoms with Crippen molar-refractivity contribution in [2.45, 2.75) is 25.4 Å². The minimum atomic E-state index is -0.900. The summed E-state index contributed by atoms with van der Waals surface area (Å²) >= 11 is 3.41. The van der Waals surface area contributed by atoms with E-state index in [1.165, 1.54) is 0 Å². The second-order valence-corrected chi connectivity index (χ2v) is 5.98. The molecule has 0 saturated carbocycles. The van der Waals surface area contributed by atoms with Gasteiger partial charge in [-0.3, -0.25) is 9.59 Å². The fourth-order valence-corrected chi connectivity index (χ4v) is 2.81. The third-order valence-electron chi connectivity index (χ3n) is 3.41. The van der Waals surface area contributed by atoms with Crippen LogP contribution >= 0.6 is 15.9 Å². The van der Waals surface area contributed by atoms with Gasteiger partial charge in [-0.15, -0.1) is 0 Å². The van der Waals surface area contributed by atoms with Gasteiger partial charge in [-0.1, -0.05) is 28.1 Å². The van der Waals surface area contributed by atoms with Crippen LogP contribution in [0.5, 0.6) is 0 Å². The fraction of sp³-hybridized carbons (Fsp3) is 0.467. The van der Waals surface area contributed by atoms with E-state index in [4.69, 9.17) is 9.84 Å². The summed E-state index contributed by atoms with van der Waals surface area (Å²) in [7, 11) is 0. The minimum Gasteiger partial charge on any atom is -0.481 e. The zero-order chi connectivity index (χ0) is 15.2. The van der Waals surface area contributed by atoms with Crippen LogP contribution < -0.4 is 0 Å². The Hall–Kier alpha value is -1.40. The van der Waals surface area contributed by atoms with Gasteiger partial charge >= 0.3 is 5.97 Å². The third-order valence-corrected chi connectivity index (χ3v) is 3.90. The van der Waals surface area contributed by atoms with Crippen molar-refractivity contribution in [3.05, 3.63) is 34.3 Å². The Labute approximate surface area is 132 Å². The normalized spacial score (nSPS) is 18.5. The van der Waals surface area contributed by atoms with Crippen molar-refractivity contribution in [2.24, 2.45) is 0 Å². The van der Waals surface area contributed by atoms with Gasteiger partial charge in [-0.2, -0.15) is 0 Å². The molecular weight excluding hydrogens is 338 g/mol. The highest BCUT2D eigenvalue weighted by Gasteiger charge is 2.25. The average molecular weight is 356 g/mol. The molecule has 1 amide bonds. The summed E-state index contributed by atoms with van der Waals surface area (Å²) < 4.78 is 6.37. The van der Waals surface area contributed by atoms with Crippen molar-refractivity contribution >= 4 is 27.8 Å². The van der Waals surface area contributed by atoms with Crippen molar-refractivity contribution in [3.8, 4) is 0 Å². The number of carbonyl (C=O) groups is 2. The molecule has 0 unspecified atom stereocenters. The van der Waals surface area contributed by atoms with Crippen LogP contribution in [-0.2, 0) is 20.7 Å². The largest absolute Gasteiger partial charge is 0.481 e. The SMILES string of the molecule is O=C(O)C[C@H]1CN(C(=O)CCc2cccc(Br)c2)CCO1. The van der Waals surface area contributed by atoms with Crippen molar-refractivity contribution in [2.75, 3.05) is 19.7 Å². The fourth-order valence-electron chi connectivity index (χ4n) is 2.37. The van der Waals surface area contributed by atoms with E-state index in [0.29, 0.717) is 32.5 Å². The van der Waals surface area contributed by atoms with Gasteiger partial charge in [-0.05, 0) is 24.1 Å². The van der Waals surface area contributed by atoms with Gasteiger partial charge in [0.1, 0.15) is 0 Å². The zero-order valence-electron chi connectivity index (χ0n) is 11.6. The number of benzene rings is 1. The number of morpholine rings is 1. The molecule has 0 bridgehead atoms. The Bertz CT molecular complexity index is 520. The number of carboxylic acid groups (broad SMARTS) is 1. The number of halogens is 1. The van der Waals surface area contributed by atoms with Crippen LogP contribution in [-0.4, -0.2) is 47.7 Å². The molecule has 1 aliphatic heterocycles. The lowest BCUT2D eigenvalue weighted by Crippen LogP contribution is -2.46. The molecule has 21 heavy (non-hydrogen) atoms. The molecule has 1 aromatic carbocycles. The van der Waals surface area contributed by atoms with Gasteiger partial charge in [0.25, 0.3) is 0 Å². The monoisotopic (exact) mass is 355 g/mol. The third kappa shape index (κ3) is 5.13. The Morgan fingerprint density at radius 1 is 1.43 bits per heavy atom. The maximum Gasteiger partial charge on any atom is 0.306 e. The molecule has 0 radical (unpaired) electrons. The first-order valence-corrected chi connectivity index (χ1v) is 7.69. The van der Waals surface area contributed by atoms with E-state index in [-0.39, 0.29) is 12.3 Å². The van der Waals surface area contributed by atoms with Crippen molar-refractivity contribution in [1.29, 1.82) is 0 Å². The molecule has 1 fully saturated rings. The first-order chi connectivity index (χ1) is 10.0. The van der Waals surface area contributed by atoms with Crippen LogP contribution in [0.1, 0.15) is 18.4 Å². The number of hydrogen-bond donors (Lipinski definition) is 1. The number of carboxylic acids is 1. The lowest BCUT2D eigenvalue weighted by Gasteiger charge is -2.32. The molecule has 1 atom stereocenters. The van der Waals surface area contributed by atoms with Crippen molar-refractivity contribution in [1.82, 2.24) is 4.90 Å². The van der Waals surface area contributed by atoms with E-state index in [1.807, 2.05) is 24.3 Å². The van der Waals surface area contributed by atoms with Gasteiger partial charge in [0, 0.05) is 24.0 Å². The number of nitrogens with zero attached hydrogens (tertiary/aromatic N) is 1. The lowest BCUT2D eigenvalue weighted by molar-refractivity contribution is -0.147. The number of aryl methyl sites for hydroxylation is 1. The molecule has 1 aromatic rings. The Balaban J connectivity index is 1.83. The van der Waals surface area contributed by atoms with E-state index >= 15 is 0 Å². The molecule has 5 nitrogen and oxygen atoms in total. The first-order valence-electron chi connectivity index (χ1n) is 6.90. The zero-order valence-corrected chi connectivity index (χ0v) is 13.2. The highest BCUT2D eigenvalue weighted by molar-refractivity contribution is 9.10. The highest BCUT2D eigenvalue weighted by atomic mass is 79.9. The topological polar surface area (TPSA) is 66.8 Å². The predicted octanol–water partition coefficient (Wildman–Crippen LogP) is 2.08. The standard InChI is InChI=1S/C15H18BrNO4/c16-12-3-1-2-11(8-12)4-5-14(18)17-6-7-21-13(10-17)9-15(19)20/h1-3,8,13H,4-7,9-10H2,(H,19,20)/t13-/m0/s1. The molecule has 0 aromatic heterocycles. The quantitative estimate of drug-likeness (QED) is 0.877. The van der Waals surface area contributed by atoms with Gasteiger partial charge in [-0.25, -0.2) is 0 Å². The smallest absolute Gasteiger partial charge is 0.306 e. The molecule has 1 saturated heterocycles. The van der Waals surface area contributed by atoms with E-state index in [2.05, 4.69) is 15.9 Å². The number of aliphatic carboxylic acids is 1. The molecule has 2 rings (SSSR count). The highest BCUT2D eigenvalue weighted by Crippen LogP contribution is 2.15. The number of carbonyl (C=O) groups excluding carboxylic acids is 1. The summed E-state index contributed by atoms with van der Waals surface area (Å²) in [5.74, 6) is -0.850. The van der Waals surface area contributed by atoms with Crippen molar-refractivity contribution < 1.29 is 19.4 Å². The van der Waals surface area contributed by atoms with Crippen LogP contribution in [0.25, 0.3) is 0 Å². The summed E-state index contributed by atoms with van der Waals surface area (Å²) in [4.78, 5) is 24.6. The van der Waals surface area contributed by atoms with E-state index < -0.39 is 12.1 Å². The average Bonchev–Trinajstić information content (AvgIpc) is 2.44. The van der Waals surface area contributed by atoms with Gasteiger partial charge in [0.2, 0.25) is 5.91 Å². The van der Waals surface area contributed by atoms with Gasteiger partial charge < -0.3 is 14.7 Å². The number of hydrogen-bond acceptors (Lipinski definition) is 3. The van der Waals surface area contributed by atoms with E-state index in [0.717, 1.165) is 10.0 Å². The summed E-state index contributed by atoms with van der Waals surface area (Å²) in [6, 6.07) is 7.88.